The first-order valence-electron chi connectivity index (χ1n) is 3.31. The smallest absolute Gasteiger partial charge is 0.238 e. The SMILES string of the molecule is Nc1ncn2c1OCCC2. The first-order chi connectivity index (χ1) is 4.88. The van der Waals surface area contributed by atoms with Gasteiger partial charge in [-0.15, -0.1) is 0 Å². The maximum atomic E-state index is 5.50. The standard InChI is InChI=1S/C6H9N3O/c7-5-6-9(4-8-5)2-1-3-10-6/h4H,1-3,7H2. The van der Waals surface area contributed by atoms with Crippen molar-refractivity contribution in [2.45, 2.75) is 13.0 Å². The summed E-state index contributed by atoms with van der Waals surface area (Å²) in [7, 11) is 0. The van der Waals surface area contributed by atoms with Crippen LogP contribution in [0.2, 0.25) is 0 Å². The number of ether oxygens (including phenoxy) is 1. The maximum Gasteiger partial charge on any atom is 0.238 e. The largest absolute Gasteiger partial charge is 0.476 e. The second-order valence-corrected chi connectivity index (χ2v) is 2.33. The van der Waals surface area contributed by atoms with Crippen molar-refractivity contribution < 1.29 is 4.74 Å². The molecule has 0 saturated heterocycles. The van der Waals surface area contributed by atoms with Crippen LogP contribution in [0.4, 0.5) is 5.82 Å². The van der Waals surface area contributed by atoms with Crippen LogP contribution in [0.25, 0.3) is 0 Å². The van der Waals surface area contributed by atoms with E-state index in [1.54, 1.807) is 6.33 Å². The summed E-state index contributed by atoms with van der Waals surface area (Å²) in [5.74, 6) is 1.23. The highest BCUT2D eigenvalue weighted by Gasteiger charge is 2.12. The van der Waals surface area contributed by atoms with E-state index in [2.05, 4.69) is 4.98 Å². The Bertz CT molecular complexity index is 243. The fourth-order valence-electron chi connectivity index (χ4n) is 1.11. The van der Waals surface area contributed by atoms with Gasteiger partial charge in [0.05, 0.1) is 6.61 Å². The molecular formula is C6H9N3O. The van der Waals surface area contributed by atoms with Crippen molar-refractivity contribution in [1.29, 1.82) is 0 Å². The number of nitrogens with two attached hydrogens (primary N) is 1. The number of nitrogens with zero attached hydrogens (tertiary/aromatic N) is 2. The molecular weight excluding hydrogens is 130 g/mol. The molecule has 54 valence electrons. The van der Waals surface area contributed by atoms with Crippen molar-refractivity contribution in [3.8, 4) is 5.88 Å². The molecule has 1 aromatic heterocycles. The summed E-state index contributed by atoms with van der Waals surface area (Å²) in [4.78, 5) is 3.91. The molecule has 4 nitrogen and oxygen atoms in total. The van der Waals surface area contributed by atoms with Crippen LogP contribution in [0, 0.1) is 0 Å². The third kappa shape index (κ3) is 0.650. The minimum absolute atomic E-state index is 0.500. The number of rotatable bonds is 0. The Kier molecular flexibility index (Phi) is 1.06. The molecule has 0 atom stereocenters. The third-order valence-electron chi connectivity index (χ3n) is 1.60. The van der Waals surface area contributed by atoms with E-state index in [1.165, 1.54) is 0 Å². The van der Waals surface area contributed by atoms with Gasteiger partial charge in [-0.3, -0.25) is 4.57 Å². The third-order valence-corrected chi connectivity index (χ3v) is 1.60. The molecule has 0 amide bonds. The fraction of sp³-hybridized carbons (Fsp3) is 0.500. The van der Waals surface area contributed by atoms with Crippen LogP contribution in [0.3, 0.4) is 0 Å². The van der Waals surface area contributed by atoms with Gasteiger partial charge in [0.15, 0.2) is 5.82 Å². The van der Waals surface area contributed by atoms with Crippen LogP contribution in [0.1, 0.15) is 6.42 Å². The summed E-state index contributed by atoms with van der Waals surface area (Å²) >= 11 is 0. The average molecular weight is 139 g/mol. The molecule has 0 aromatic carbocycles. The molecule has 2 heterocycles. The Balaban J connectivity index is 2.45. The van der Waals surface area contributed by atoms with Crippen molar-refractivity contribution in [2.24, 2.45) is 0 Å². The number of imidazole rings is 1. The van der Waals surface area contributed by atoms with E-state index in [0.29, 0.717) is 5.82 Å². The summed E-state index contributed by atoms with van der Waals surface area (Å²) in [6.45, 7) is 1.73. The van der Waals surface area contributed by atoms with Gasteiger partial charge in [-0.25, -0.2) is 4.98 Å². The Labute approximate surface area is 58.6 Å². The number of aryl methyl sites for hydroxylation is 1. The number of nitrogen functional groups attached to an aromatic ring is 1. The lowest BCUT2D eigenvalue weighted by Crippen LogP contribution is -2.13. The summed E-state index contributed by atoms with van der Waals surface area (Å²) in [6.07, 6.45) is 2.76. The van der Waals surface area contributed by atoms with Gasteiger partial charge in [-0.1, -0.05) is 0 Å². The Morgan fingerprint density at radius 3 is 3.40 bits per heavy atom. The summed E-state index contributed by atoms with van der Waals surface area (Å²) < 4.78 is 7.20. The van der Waals surface area contributed by atoms with Gasteiger partial charge in [-0.2, -0.15) is 0 Å². The molecule has 1 aromatic rings. The van der Waals surface area contributed by atoms with Crippen LogP contribution in [-0.4, -0.2) is 16.2 Å². The van der Waals surface area contributed by atoms with E-state index in [9.17, 15) is 0 Å². The van der Waals surface area contributed by atoms with Crippen LogP contribution in [0.5, 0.6) is 5.88 Å². The van der Waals surface area contributed by atoms with Crippen LogP contribution in [0.15, 0.2) is 6.33 Å². The predicted molar refractivity (Wildman–Crippen MR) is 36.8 cm³/mol. The molecule has 0 aliphatic carbocycles. The van der Waals surface area contributed by atoms with Gasteiger partial charge in [0.1, 0.15) is 6.33 Å². The topological polar surface area (TPSA) is 53.1 Å². The van der Waals surface area contributed by atoms with Gasteiger partial charge in [0.2, 0.25) is 5.88 Å². The molecule has 1 aliphatic heterocycles. The highest BCUT2D eigenvalue weighted by molar-refractivity contribution is 5.41. The number of aromatic nitrogens is 2. The summed E-state index contributed by atoms with van der Waals surface area (Å²) in [5, 5.41) is 0. The van der Waals surface area contributed by atoms with E-state index >= 15 is 0 Å². The molecule has 0 saturated carbocycles. The minimum Gasteiger partial charge on any atom is -0.476 e. The Morgan fingerprint density at radius 2 is 2.60 bits per heavy atom. The first kappa shape index (κ1) is 5.58. The lowest BCUT2D eigenvalue weighted by Gasteiger charge is -2.14. The highest BCUT2D eigenvalue weighted by atomic mass is 16.5. The molecule has 0 radical (unpaired) electrons. The quantitative estimate of drug-likeness (QED) is 0.560. The normalized spacial score (nSPS) is 16.0. The van der Waals surface area contributed by atoms with Crippen molar-refractivity contribution in [1.82, 2.24) is 9.55 Å². The molecule has 0 unspecified atom stereocenters. The van der Waals surface area contributed by atoms with Crippen molar-refractivity contribution >= 4 is 5.82 Å². The monoisotopic (exact) mass is 139 g/mol. The van der Waals surface area contributed by atoms with Gasteiger partial charge < -0.3 is 10.5 Å². The summed E-state index contributed by atoms with van der Waals surface area (Å²) in [6, 6.07) is 0. The van der Waals surface area contributed by atoms with E-state index in [0.717, 1.165) is 25.5 Å². The number of fused-ring (bicyclic) bond motifs is 1. The molecule has 0 fully saturated rings. The van der Waals surface area contributed by atoms with Crippen molar-refractivity contribution in [2.75, 3.05) is 12.3 Å². The number of hydrogen-bond acceptors (Lipinski definition) is 3. The van der Waals surface area contributed by atoms with Crippen LogP contribution >= 0.6 is 0 Å². The van der Waals surface area contributed by atoms with Crippen molar-refractivity contribution in [3.05, 3.63) is 6.33 Å². The number of anilines is 1. The molecule has 4 heteroatoms. The van der Waals surface area contributed by atoms with E-state index in [4.69, 9.17) is 10.5 Å². The fourth-order valence-corrected chi connectivity index (χ4v) is 1.11. The molecule has 1 aliphatic rings. The second kappa shape index (κ2) is 1.90. The molecule has 0 bridgehead atoms. The summed E-state index contributed by atoms with van der Waals surface area (Å²) in [5.41, 5.74) is 5.50. The van der Waals surface area contributed by atoms with Crippen molar-refractivity contribution in [3.63, 3.8) is 0 Å². The maximum absolute atomic E-state index is 5.50. The number of hydrogen-bond donors (Lipinski definition) is 1. The van der Waals surface area contributed by atoms with E-state index < -0.39 is 0 Å². The van der Waals surface area contributed by atoms with Gasteiger partial charge in [-0.05, 0) is 6.42 Å². The zero-order valence-electron chi connectivity index (χ0n) is 5.58. The molecule has 0 spiro atoms. The second-order valence-electron chi connectivity index (χ2n) is 2.33. The van der Waals surface area contributed by atoms with E-state index in [1.807, 2.05) is 4.57 Å². The Hall–Kier alpha value is -1.19. The minimum atomic E-state index is 0.500. The lowest BCUT2D eigenvalue weighted by molar-refractivity contribution is 0.243. The van der Waals surface area contributed by atoms with Gasteiger partial charge in [0.25, 0.3) is 0 Å². The van der Waals surface area contributed by atoms with Crippen LogP contribution in [-0.2, 0) is 6.54 Å². The zero-order valence-corrected chi connectivity index (χ0v) is 5.58. The van der Waals surface area contributed by atoms with Crippen LogP contribution < -0.4 is 10.5 Å². The first-order valence-corrected chi connectivity index (χ1v) is 3.31. The van der Waals surface area contributed by atoms with Gasteiger partial charge in [0, 0.05) is 6.54 Å². The average Bonchev–Trinajstić information content (AvgIpc) is 2.34. The zero-order chi connectivity index (χ0) is 6.97. The molecule has 10 heavy (non-hydrogen) atoms. The predicted octanol–water partition coefficient (Wildman–Crippen LogP) is 0.248. The molecule has 2 N–H and O–H groups in total. The lowest BCUT2D eigenvalue weighted by atomic mass is 10.4. The molecule has 2 rings (SSSR count). The Morgan fingerprint density at radius 1 is 1.70 bits per heavy atom. The van der Waals surface area contributed by atoms with Gasteiger partial charge >= 0.3 is 0 Å². The highest BCUT2D eigenvalue weighted by Crippen LogP contribution is 2.22. The van der Waals surface area contributed by atoms with E-state index in [-0.39, 0.29) is 0 Å².